The van der Waals surface area contributed by atoms with Gasteiger partial charge in [-0.1, -0.05) is 28.1 Å². The van der Waals surface area contributed by atoms with Gasteiger partial charge in [0.05, 0.1) is 22.6 Å². The third-order valence-electron chi connectivity index (χ3n) is 4.63. The molecule has 1 N–H and O–H groups in total. The van der Waals surface area contributed by atoms with Crippen LogP contribution in [0.5, 0.6) is 0 Å². The number of non-ortho nitro benzene ring substituents is 1. The number of hydrogen-bond acceptors (Lipinski definition) is 7. The summed E-state index contributed by atoms with van der Waals surface area (Å²) < 4.78 is 27.7. The Bertz CT molecular complexity index is 1080. The second kappa shape index (κ2) is 10.1. The molecule has 10 nitrogen and oxygen atoms in total. The monoisotopic (exact) mass is 509 g/mol. The van der Waals surface area contributed by atoms with Gasteiger partial charge in [0, 0.05) is 48.3 Å². The highest BCUT2D eigenvalue weighted by atomic mass is 79.9. The van der Waals surface area contributed by atoms with Crippen LogP contribution in [-0.4, -0.2) is 67.4 Å². The van der Waals surface area contributed by atoms with Gasteiger partial charge in [-0.15, -0.1) is 0 Å². The first-order chi connectivity index (χ1) is 14.8. The van der Waals surface area contributed by atoms with Crippen molar-refractivity contribution in [3.8, 4) is 0 Å². The number of nitrogens with zero attached hydrogens (tertiary/aromatic N) is 4. The molecule has 1 aliphatic rings. The number of hydrazone groups is 1. The van der Waals surface area contributed by atoms with Crippen LogP contribution in [0, 0.1) is 10.1 Å². The first kappa shape index (κ1) is 23.0. The molecule has 12 heteroatoms. The lowest BCUT2D eigenvalue weighted by atomic mass is 10.2. The average molecular weight is 510 g/mol. The minimum absolute atomic E-state index is 0.0637. The van der Waals surface area contributed by atoms with E-state index in [-0.39, 0.29) is 36.1 Å². The van der Waals surface area contributed by atoms with Gasteiger partial charge in [-0.2, -0.15) is 9.41 Å². The van der Waals surface area contributed by atoms with E-state index < -0.39 is 14.9 Å². The molecule has 2 aromatic carbocycles. The molecule has 0 aromatic heterocycles. The lowest BCUT2D eigenvalue weighted by Gasteiger charge is -2.33. The SMILES string of the molecule is O=C(CN1CCN(S(=O)(=O)c2ccc(Br)cc2)CC1)NN=Cc1cccc([N+](=O)[O-])c1. The maximum atomic E-state index is 12.7. The van der Waals surface area contributed by atoms with Crippen LogP contribution in [-0.2, 0) is 14.8 Å². The van der Waals surface area contributed by atoms with Crippen LogP contribution in [0.2, 0.25) is 0 Å². The van der Waals surface area contributed by atoms with Gasteiger partial charge >= 0.3 is 0 Å². The number of amides is 1. The second-order valence-electron chi connectivity index (χ2n) is 6.78. The fourth-order valence-corrected chi connectivity index (χ4v) is 4.71. The van der Waals surface area contributed by atoms with Crippen molar-refractivity contribution in [2.75, 3.05) is 32.7 Å². The molecule has 0 atom stereocenters. The molecule has 2 aromatic rings. The van der Waals surface area contributed by atoms with Gasteiger partial charge in [-0.25, -0.2) is 13.8 Å². The minimum atomic E-state index is -3.57. The topological polar surface area (TPSA) is 125 Å². The molecule has 1 heterocycles. The molecule has 1 amide bonds. The van der Waals surface area contributed by atoms with Crippen LogP contribution < -0.4 is 5.43 Å². The molecule has 1 saturated heterocycles. The minimum Gasteiger partial charge on any atom is -0.292 e. The van der Waals surface area contributed by atoms with Crippen molar-refractivity contribution in [3.63, 3.8) is 0 Å². The molecule has 1 aliphatic heterocycles. The van der Waals surface area contributed by atoms with E-state index in [4.69, 9.17) is 0 Å². The summed E-state index contributed by atoms with van der Waals surface area (Å²) >= 11 is 3.29. The Hall–Kier alpha value is -2.67. The Labute approximate surface area is 187 Å². The van der Waals surface area contributed by atoms with Gasteiger partial charge in [-0.3, -0.25) is 19.8 Å². The molecule has 31 heavy (non-hydrogen) atoms. The zero-order chi connectivity index (χ0) is 22.4. The number of carbonyl (C=O) groups is 1. The van der Waals surface area contributed by atoms with Crippen molar-refractivity contribution < 1.29 is 18.1 Å². The molecule has 0 radical (unpaired) electrons. The van der Waals surface area contributed by atoms with Gasteiger partial charge in [0.25, 0.3) is 11.6 Å². The Kier molecular flexibility index (Phi) is 7.49. The van der Waals surface area contributed by atoms with E-state index in [2.05, 4.69) is 26.5 Å². The largest absolute Gasteiger partial charge is 0.292 e. The summed E-state index contributed by atoms with van der Waals surface area (Å²) in [6, 6.07) is 12.4. The predicted molar refractivity (Wildman–Crippen MR) is 118 cm³/mol. The number of rotatable bonds is 7. The third-order valence-corrected chi connectivity index (χ3v) is 7.08. The molecule has 164 valence electrons. The highest BCUT2D eigenvalue weighted by molar-refractivity contribution is 9.10. The Balaban J connectivity index is 1.48. The highest BCUT2D eigenvalue weighted by Gasteiger charge is 2.28. The van der Waals surface area contributed by atoms with Gasteiger partial charge in [-0.05, 0) is 24.3 Å². The fourth-order valence-electron chi connectivity index (χ4n) is 3.02. The van der Waals surface area contributed by atoms with Gasteiger partial charge < -0.3 is 0 Å². The summed E-state index contributed by atoms with van der Waals surface area (Å²) in [5.41, 5.74) is 2.81. The lowest BCUT2D eigenvalue weighted by Crippen LogP contribution is -2.50. The van der Waals surface area contributed by atoms with Crippen molar-refractivity contribution in [2.24, 2.45) is 5.10 Å². The summed E-state index contributed by atoms with van der Waals surface area (Å²) in [5.74, 6) is -0.356. The number of nitro groups is 1. The fraction of sp³-hybridized carbons (Fsp3) is 0.263. The third kappa shape index (κ3) is 6.17. The Morgan fingerprint density at radius 3 is 2.48 bits per heavy atom. The van der Waals surface area contributed by atoms with Crippen molar-refractivity contribution in [3.05, 3.63) is 68.7 Å². The van der Waals surface area contributed by atoms with Crippen LogP contribution in [0.25, 0.3) is 0 Å². The van der Waals surface area contributed by atoms with Crippen LogP contribution in [0.3, 0.4) is 0 Å². The maximum Gasteiger partial charge on any atom is 0.270 e. The van der Waals surface area contributed by atoms with E-state index >= 15 is 0 Å². The average Bonchev–Trinajstić information content (AvgIpc) is 2.74. The van der Waals surface area contributed by atoms with Crippen LogP contribution in [0.4, 0.5) is 5.69 Å². The van der Waals surface area contributed by atoms with E-state index in [1.807, 2.05) is 4.90 Å². The molecule has 1 fully saturated rings. The van der Waals surface area contributed by atoms with Crippen molar-refractivity contribution >= 4 is 43.8 Å². The first-order valence-corrected chi connectivity index (χ1v) is 11.5. The number of nitrogens with one attached hydrogen (secondary N) is 1. The number of halogens is 1. The number of carbonyl (C=O) groups excluding carboxylic acids is 1. The molecule has 0 aliphatic carbocycles. The molecule has 3 rings (SSSR count). The number of nitro benzene ring substituents is 1. The smallest absolute Gasteiger partial charge is 0.270 e. The zero-order valence-electron chi connectivity index (χ0n) is 16.3. The van der Waals surface area contributed by atoms with E-state index in [1.165, 1.54) is 28.7 Å². The Morgan fingerprint density at radius 1 is 1.16 bits per heavy atom. The molecule has 0 bridgehead atoms. The number of benzene rings is 2. The van der Waals surface area contributed by atoms with Crippen molar-refractivity contribution in [1.82, 2.24) is 14.6 Å². The van der Waals surface area contributed by atoms with E-state index in [0.29, 0.717) is 18.7 Å². The van der Waals surface area contributed by atoms with Crippen molar-refractivity contribution in [2.45, 2.75) is 4.90 Å². The molecular formula is C19H20BrN5O5S. The second-order valence-corrected chi connectivity index (χ2v) is 9.63. The highest BCUT2D eigenvalue weighted by Crippen LogP contribution is 2.20. The predicted octanol–water partition coefficient (Wildman–Crippen LogP) is 1.81. The molecule has 0 spiro atoms. The first-order valence-electron chi connectivity index (χ1n) is 9.30. The maximum absolute atomic E-state index is 12.7. The standard InChI is InChI=1S/C19H20BrN5O5S/c20-16-4-6-18(7-5-16)31(29,30)24-10-8-23(9-11-24)14-19(26)22-21-13-15-2-1-3-17(12-15)25(27)28/h1-7,12-13H,8-11,14H2,(H,22,26). The van der Waals surface area contributed by atoms with Crippen molar-refractivity contribution in [1.29, 1.82) is 0 Å². The molecular weight excluding hydrogens is 490 g/mol. The van der Waals surface area contributed by atoms with Gasteiger partial charge in [0.2, 0.25) is 10.0 Å². The van der Waals surface area contributed by atoms with E-state index in [9.17, 15) is 23.3 Å². The summed E-state index contributed by atoms with van der Waals surface area (Å²) in [4.78, 5) is 24.4. The summed E-state index contributed by atoms with van der Waals surface area (Å²) in [6.45, 7) is 1.46. The van der Waals surface area contributed by atoms with E-state index in [1.54, 1.807) is 30.3 Å². The number of hydrogen-bond donors (Lipinski definition) is 1. The Morgan fingerprint density at radius 2 is 1.84 bits per heavy atom. The number of sulfonamides is 1. The van der Waals surface area contributed by atoms with E-state index in [0.717, 1.165) is 4.47 Å². The normalized spacial score (nSPS) is 15.8. The van der Waals surface area contributed by atoms with Gasteiger partial charge in [0.15, 0.2) is 0 Å². The van der Waals surface area contributed by atoms with Crippen LogP contribution in [0.15, 0.2) is 63.0 Å². The van der Waals surface area contributed by atoms with Crippen LogP contribution >= 0.6 is 15.9 Å². The lowest BCUT2D eigenvalue weighted by molar-refractivity contribution is -0.384. The summed E-state index contributed by atoms with van der Waals surface area (Å²) in [5, 5.41) is 14.6. The molecule has 0 saturated carbocycles. The summed E-state index contributed by atoms with van der Waals surface area (Å²) in [6.07, 6.45) is 1.33. The summed E-state index contributed by atoms with van der Waals surface area (Å²) in [7, 11) is -3.57. The van der Waals surface area contributed by atoms with Crippen LogP contribution in [0.1, 0.15) is 5.56 Å². The molecule has 0 unspecified atom stereocenters. The zero-order valence-corrected chi connectivity index (χ0v) is 18.8. The quantitative estimate of drug-likeness (QED) is 0.344. The number of piperazine rings is 1. The van der Waals surface area contributed by atoms with Gasteiger partial charge in [0.1, 0.15) is 0 Å².